The van der Waals surface area contributed by atoms with Crippen LogP contribution in [0.25, 0.3) is 10.9 Å². The molecule has 1 N–H and O–H groups in total. The van der Waals surface area contributed by atoms with Gasteiger partial charge in [0.1, 0.15) is 5.75 Å². The van der Waals surface area contributed by atoms with Crippen molar-refractivity contribution >= 4 is 28.6 Å². The van der Waals surface area contributed by atoms with E-state index in [4.69, 9.17) is 9.47 Å². The van der Waals surface area contributed by atoms with Gasteiger partial charge in [-0.25, -0.2) is 9.78 Å². The first-order valence-corrected chi connectivity index (χ1v) is 10.1. The molecule has 3 aromatic rings. The van der Waals surface area contributed by atoms with Crippen LogP contribution in [0.4, 0.5) is 0 Å². The van der Waals surface area contributed by atoms with Crippen LogP contribution in [0.5, 0.6) is 5.75 Å². The lowest BCUT2D eigenvalue weighted by Gasteiger charge is -2.15. The van der Waals surface area contributed by atoms with Crippen LogP contribution in [0, 0.1) is 0 Å². The highest BCUT2D eigenvalue weighted by atomic mass is 32.2. The van der Waals surface area contributed by atoms with Gasteiger partial charge in [0, 0.05) is 5.75 Å². The van der Waals surface area contributed by atoms with Gasteiger partial charge in [0.15, 0.2) is 5.16 Å². The summed E-state index contributed by atoms with van der Waals surface area (Å²) < 4.78 is 11.9. The van der Waals surface area contributed by atoms with Gasteiger partial charge in [0.05, 0.1) is 42.8 Å². The summed E-state index contributed by atoms with van der Waals surface area (Å²) in [7, 11) is 1.30. The van der Waals surface area contributed by atoms with Crippen molar-refractivity contribution in [2.45, 2.75) is 24.7 Å². The maximum Gasteiger partial charge on any atom is 0.337 e. The topological polar surface area (TPSA) is 90.7 Å². The lowest BCUT2D eigenvalue weighted by atomic mass is 10.1. The first kappa shape index (κ1) is 20.9. The Labute approximate surface area is 172 Å². The standard InChI is InChI=1S/C21H22N2O5S/c1-14(24)13-23-19(25)17-9-8-15(20(26)27-2)12-18(17)22-21(23)29-11-10-28-16-6-4-3-5-7-16/h3-9,12,14,24H,10-11,13H2,1-2H3/t14-/m1/s1. The zero-order valence-corrected chi connectivity index (χ0v) is 17.0. The zero-order valence-electron chi connectivity index (χ0n) is 16.2. The molecule has 7 nitrogen and oxygen atoms in total. The molecule has 0 radical (unpaired) electrons. The fourth-order valence-corrected chi connectivity index (χ4v) is 3.62. The molecule has 3 rings (SSSR count). The number of aromatic nitrogens is 2. The van der Waals surface area contributed by atoms with Gasteiger partial charge in [0.2, 0.25) is 0 Å². The Kier molecular flexibility index (Phi) is 6.90. The third-order valence-electron chi connectivity index (χ3n) is 4.11. The number of ether oxygens (including phenoxy) is 2. The molecule has 0 aliphatic rings. The van der Waals surface area contributed by atoms with Crippen LogP contribution in [0.2, 0.25) is 0 Å². The number of hydrogen-bond donors (Lipinski definition) is 1. The van der Waals surface area contributed by atoms with Crippen molar-refractivity contribution in [2.24, 2.45) is 0 Å². The summed E-state index contributed by atoms with van der Waals surface area (Å²) in [6, 6.07) is 14.1. The van der Waals surface area contributed by atoms with E-state index in [9.17, 15) is 14.7 Å². The van der Waals surface area contributed by atoms with Gasteiger partial charge in [-0.2, -0.15) is 0 Å². The van der Waals surface area contributed by atoms with Crippen LogP contribution < -0.4 is 10.3 Å². The molecule has 0 fully saturated rings. The number of nitrogens with zero attached hydrogens (tertiary/aromatic N) is 2. The minimum absolute atomic E-state index is 0.127. The van der Waals surface area contributed by atoms with Crippen molar-refractivity contribution in [1.29, 1.82) is 0 Å². The Bertz CT molecular complexity index is 1050. The molecular weight excluding hydrogens is 392 g/mol. The largest absolute Gasteiger partial charge is 0.493 e. The molecule has 1 heterocycles. The van der Waals surface area contributed by atoms with Crippen LogP contribution in [0.3, 0.4) is 0 Å². The third-order valence-corrected chi connectivity index (χ3v) is 5.06. The predicted octanol–water partition coefficient (Wildman–Crippen LogP) is 2.74. The van der Waals surface area contributed by atoms with Gasteiger partial charge in [-0.1, -0.05) is 30.0 Å². The maximum atomic E-state index is 12.9. The summed E-state index contributed by atoms with van der Waals surface area (Å²) in [6.45, 7) is 2.17. The summed E-state index contributed by atoms with van der Waals surface area (Å²) in [5.74, 6) is 0.833. The molecule has 0 saturated carbocycles. The lowest BCUT2D eigenvalue weighted by Crippen LogP contribution is -2.28. The number of thioether (sulfide) groups is 1. The highest BCUT2D eigenvalue weighted by Crippen LogP contribution is 2.20. The quantitative estimate of drug-likeness (QED) is 0.262. The van der Waals surface area contributed by atoms with E-state index in [2.05, 4.69) is 4.98 Å². The van der Waals surface area contributed by atoms with Crippen molar-refractivity contribution in [2.75, 3.05) is 19.5 Å². The molecule has 152 valence electrons. The van der Waals surface area contributed by atoms with Gasteiger partial charge >= 0.3 is 5.97 Å². The number of carbonyl (C=O) groups excluding carboxylic acids is 1. The normalized spacial score (nSPS) is 12.0. The van der Waals surface area contributed by atoms with E-state index in [1.807, 2.05) is 30.3 Å². The molecule has 1 aromatic heterocycles. The molecule has 0 saturated heterocycles. The van der Waals surface area contributed by atoms with Crippen LogP contribution in [-0.2, 0) is 11.3 Å². The first-order valence-electron chi connectivity index (χ1n) is 9.11. The van der Waals surface area contributed by atoms with Crippen molar-refractivity contribution in [3.05, 3.63) is 64.4 Å². The lowest BCUT2D eigenvalue weighted by molar-refractivity contribution is 0.0601. The van der Waals surface area contributed by atoms with E-state index in [-0.39, 0.29) is 12.1 Å². The molecule has 29 heavy (non-hydrogen) atoms. The van der Waals surface area contributed by atoms with Crippen molar-refractivity contribution < 1.29 is 19.4 Å². The zero-order chi connectivity index (χ0) is 20.8. The number of carbonyl (C=O) groups is 1. The minimum atomic E-state index is -0.707. The Morgan fingerprint density at radius 1 is 1.24 bits per heavy atom. The summed E-state index contributed by atoms with van der Waals surface area (Å²) in [4.78, 5) is 29.3. The number of aliphatic hydroxyl groups is 1. The van der Waals surface area contributed by atoms with Gasteiger partial charge in [-0.15, -0.1) is 0 Å². The van der Waals surface area contributed by atoms with Crippen LogP contribution in [0.1, 0.15) is 17.3 Å². The molecule has 8 heteroatoms. The highest BCUT2D eigenvalue weighted by molar-refractivity contribution is 7.99. The number of para-hydroxylation sites is 1. The average molecular weight is 414 g/mol. The van der Waals surface area contributed by atoms with Crippen molar-refractivity contribution in [3.63, 3.8) is 0 Å². The molecule has 0 aliphatic carbocycles. The summed E-state index contributed by atoms with van der Waals surface area (Å²) >= 11 is 1.36. The minimum Gasteiger partial charge on any atom is -0.493 e. The predicted molar refractivity (Wildman–Crippen MR) is 112 cm³/mol. The molecule has 1 atom stereocenters. The maximum absolute atomic E-state index is 12.9. The number of esters is 1. The fraction of sp³-hybridized carbons (Fsp3) is 0.286. The van der Waals surface area contributed by atoms with Crippen LogP contribution in [0.15, 0.2) is 58.5 Å². The monoisotopic (exact) mass is 414 g/mol. The smallest absolute Gasteiger partial charge is 0.337 e. The van der Waals surface area contributed by atoms with E-state index in [0.717, 1.165) is 5.75 Å². The summed E-state index contributed by atoms with van der Waals surface area (Å²) in [5.41, 5.74) is 0.466. The van der Waals surface area contributed by atoms with Crippen molar-refractivity contribution in [1.82, 2.24) is 9.55 Å². The highest BCUT2D eigenvalue weighted by Gasteiger charge is 2.15. The SMILES string of the molecule is COC(=O)c1ccc2c(=O)n(C[C@@H](C)O)c(SCCOc3ccccc3)nc2c1. The van der Waals surface area contributed by atoms with Gasteiger partial charge in [0.25, 0.3) is 5.56 Å². The first-order chi connectivity index (χ1) is 14.0. The van der Waals surface area contributed by atoms with Gasteiger partial charge in [-0.05, 0) is 37.3 Å². The van der Waals surface area contributed by atoms with Crippen molar-refractivity contribution in [3.8, 4) is 5.75 Å². The van der Waals surface area contributed by atoms with E-state index < -0.39 is 12.1 Å². The van der Waals surface area contributed by atoms with E-state index in [1.165, 1.54) is 29.5 Å². The number of hydrogen-bond acceptors (Lipinski definition) is 7. The van der Waals surface area contributed by atoms with Crippen LogP contribution in [-0.4, -0.2) is 46.2 Å². The third kappa shape index (κ3) is 5.16. The van der Waals surface area contributed by atoms with E-state index in [0.29, 0.717) is 34.0 Å². The molecule has 0 amide bonds. The number of rotatable bonds is 8. The molecule has 0 aliphatic heterocycles. The molecule has 0 unspecified atom stereocenters. The fourth-order valence-electron chi connectivity index (χ4n) is 2.79. The van der Waals surface area contributed by atoms with Crippen LogP contribution >= 0.6 is 11.8 Å². The molecular formula is C21H22N2O5S. The van der Waals surface area contributed by atoms with Gasteiger partial charge < -0.3 is 14.6 Å². The average Bonchev–Trinajstić information content (AvgIpc) is 2.73. The second-order valence-corrected chi connectivity index (χ2v) is 7.45. The Morgan fingerprint density at radius 3 is 2.69 bits per heavy atom. The second kappa shape index (κ2) is 9.58. The molecule has 2 aromatic carbocycles. The van der Waals surface area contributed by atoms with E-state index in [1.54, 1.807) is 19.1 Å². The molecule has 0 bridgehead atoms. The number of methoxy groups -OCH3 is 1. The Morgan fingerprint density at radius 2 is 2.00 bits per heavy atom. The number of fused-ring (bicyclic) bond motifs is 1. The van der Waals surface area contributed by atoms with E-state index >= 15 is 0 Å². The molecule has 0 spiro atoms. The number of benzene rings is 2. The van der Waals surface area contributed by atoms with Gasteiger partial charge in [-0.3, -0.25) is 9.36 Å². The Hall–Kier alpha value is -2.84. The second-order valence-electron chi connectivity index (χ2n) is 6.39. The number of aliphatic hydroxyl groups excluding tert-OH is 1. The summed E-state index contributed by atoms with van der Waals surface area (Å²) in [5, 5.41) is 10.7. The Balaban J connectivity index is 1.87. The summed E-state index contributed by atoms with van der Waals surface area (Å²) in [6.07, 6.45) is -0.707.